The van der Waals surface area contributed by atoms with Crippen molar-refractivity contribution >= 4 is 23.2 Å². The van der Waals surface area contributed by atoms with Gasteiger partial charge in [-0.3, -0.25) is 9.59 Å². The summed E-state index contributed by atoms with van der Waals surface area (Å²) in [4.78, 5) is 30.3. The number of benzene rings is 2. The Kier molecular flexibility index (Phi) is 9.01. The van der Waals surface area contributed by atoms with Gasteiger partial charge in [0.05, 0.1) is 20.6 Å². The second-order valence-corrected chi connectivity index (χ2v) is 10.2. The molecule has 0 saturated heterocycles. The van der Waals surface area contributed by atoms with Crippen LogP contribution in [0.2, 0.25) is 0 Å². The first-order valence-electron chi connectivity index (χ1n) is 12.5. The van der Waals surface area contributed by atoms with Gasteiger partial charge < -0.3 is 19.7 Å². The first kappa shape index (κ1) is 25.8. The van der Waals surface area contributed by atoms with Gasteiger partial charge >= 0.3 is 0 Å². The summed E-state index contributed by atoms with van der Waals surface area (Å²) in [5.74, 6) is 1.18. The van der Waals surface area contributed by atoms with E-state index < -0.39 is 6.04 Å². The van der Waals surface area contributed by atoms with Crippen molar-refractivity contribution in [2.24, 2.45) is 0 Å². The molecule has 2 amide bonds. The van der Waals surface area contributed by atoms with Crippen LogP contribution in [0.5, 0.6) is 11.5 Å². The van der Waals surface area contributed by atoms with E-state index >= 15 is 0 Å². The Labute approximate surface area is 217 Å². The second-order valence-electron chi connectivity index (χ2n) is 9.15. The van der Waals surface area contributed by atoms with Gasteiger partial charge in [-0.2, -0.15) is 0 Å². The molecule has 190 valence electrons. The molecule has 3 aromatic rings. The lowest BCUT2D eigenvalue weighted by Gasteiger charge is -2.33. The van der Waals surface area contributed by atoms with Crippen LogP contribution < -0.4 is 14.8 Å². The van der Waals surface area contributed by atoms with Gasteiger partial charge in [-0.25, -0.2) is 0 Å². The summed E-state index contributed by atoms with van der Waals surface area (Å²) >= 11 is 1.55. The lowest BCUT2D eigenvalue weighted by atomic mass is 9.94. The molecule has 0 aliphatic heterocycles. The minimum atomic E-state index is -0.767. The quantitative estimate of drug-likeness (QED) is 0.393. The van der Waals surface area contributed by atoms with E-state index in [1.54, 1.807) is 30.5 Å². The van der Waals surface area contributed by atoms with Gasteiger partial charge in [-0.15, -0.1) is 11.3 Å². The summed E-state index contributed by atoms with van der Waals surface area (Å²) in [7, 11) is 3.23. The highest BCUT2D eigenvalue weighted by atomic mass is 32.1. The molecule has 1 N–H and O–H groups in total. The summed E-state index contributed by atoms with van der Waals surface area (Å²) in [6.07, 6.45) is 5.62. The molecule has 1 aromatic heterocycles. The molecule has 1 unspecified atom stereocenters. The van der Waals surface area contributed by atoms with Gasteiger partial charge in [-0.1, -0.05) is 49.6 Å². The number of carbonyl (C=O) groups excluding carboxylic acids is 2. The van der Waals surface area contributed by atoms with Crippen molar-refractivity contribution in [3.63, 3.8) is 0 Å². The molecule has 6 nitrogen and oxygen atoms in total. The topological polar surface area (TPSA) is 67.9 Å². The lowest BCUT2D eigenvalue weighted by molar-refractivity contribution is -0.141. The predicted octanol–water partition coefficient (Wildman–Crippen LogP) is 5.53. The molecule has 0 bridgehead atoms. The highest BCUT2D eigenvalue weighted by Crippen LogP contribution is 2.29. The molecule has 36 heavy (non-hydrogen) atoms. The average molecular weight is 507 g/mol. The van der Waals surface area contributed by atoms with E-state index in [1.807, 2.05) is 66.0 Å². The SMILES string of the molecule is COc1ccc(C(C(=O)NC2CCCCC2)N(Cc2cccc(OC)c2)C(=O)Cc2cccs2)cc1. The van der Waals surface area contributed by atoms with E-state index in [0.29, 0.717) is 11.5 Å². The number of thiophene rings is 1. The van der Waals surface area contributed by atoms with Crippen LogP contribution in [0.25, 0.3) is 0 Å². The van der Waals surface area contributed by atoms with Crippen molar-refractivity contribution < 1.29 is 19.1 Å². The highest BCUT2D eigenvalue weighted by Gasteiger charge is 2.33. The Morgan fingerprint density at radius 2 is 1.72 bits per heavy atom. The smallest absolute Gasteiger partial charge is 0.247 e. The molecule has 0 spiro atoms. The summed E-state index contributed by atoms with van der Waals surface area (Å²) in [6, 6.07) is 18.3. The molecular weight excluding hydrogens is 472 g/mol. The number of ether oxygens (including phenoxy) is 2. The van der Waals surface area contributed by atoms with E-state index in [1.165, 1.54) is 6.42 Å². The zero-order valence-electron chi connectivity index (χ0n) is 20.9. The van der Waals surface area contributed by atoms with Crippen LogP contribution in [0.15, 0.2) is 66.0 Å². The minimum Gasteiger partial charge on any atom is -0.497 e. The maximum Gasteiger partial charge on any atom is 0.247 e. The third-order valence-corrected chi connectivity index (χ3v) is 7.53. The van der Waals surface area contributed by atoms with E-state index in [-0.39, 0.29) is 30.8 Å². The van der Waals surface area contributed by atoms with Crippen LogP contribution in [-0.4, -0.2) is 37.0 Å². The summed E-state index contributed by atoms with van der Waals surface area (Å²) in [5.41, 5.74) is 1.66. The zero-order valence-corrected chi connectivity index (χ0v) is 21.8. The van der Waals surface area contributed by atoms with Gasteiger partial charge in [0, 0.05) is 17.5 Å². The molecule has 1 heterocycles. The number of hydrogen-bond donors (Lipinski definition) is 1. The highest BCUT2D eigenvalue weighted by molar-refractivity contribution is 7.10. The van der Waals surface area contributed by atoms with Crippen molar-refractivity contribution in [2.45, 2.75) is 57.2 Å². The fourth-order valence-electron chi connectivity index (χ4n) is 4.74. The fraction of sp³-hybridized carbons (Fsp3) is 0.379. The Hall–Kier alpha value is -3.32. The molecule has 1 fully saturated rings. The molecule has 4 rings (SSSR count). The number of nitrogens with zero attached hydrogens (tertiary/aromatic N) is 1. The summed E-state index contributed by atoms with van der Waals surface area (Å²) < 4.78 is 10.7. The van der Waals surface area contributed by atoms with Crippen LogP contribution in [0, 0.1) is 0 Å². The Balaban J connectivity index is 1.70. The van der Waals surface area contributed by atoms with Crippen LogP contribution in [0.4, 0.5) is 0 Å². The second kappa shape index (κ2) is 12.6. The summed E-state index contributed by atoms with van der Waals surface area (Å²) in [6.45, 7) is 0.288. The number of amides is 2. The fourth-order valence-corrected chi connectivity index (χ4v) is 5.44. The van der Waals surface area contributed by atoms with Crippen LogP contribution in [0.3, 0.4) is 0 Å². The van der Waals surface area contributed by atoms with E-state index in [2.05, 4.69) is 5.32 Å². The maximum absolute atomic E-state index is 13.9. The Morgan fingerprint density at radius 1 is 0.972 bits per heavy atom. The van der Waals surface area contributed by atoms with Gasteiger partial charge in [0.25, 0.3) is 0 Å². The summed E-state index contributed by atoms with van der Waals surface area (Å²) in [5, 5.41) is 5.23. The first-order chi connectivity index (χ1) is 17.6. The molecule has 1 saturated carbocycles. The van der Waals surface area contributed by atoms with Crippen molar-refractivity contribution in [3.8, 4) is 11.5 Å². The lowest BCUT2D eigenvalue weighted by Crippen LogP contribution is -2.47. The molecular formula is C29H34N2O4S. The van der Waals surface area contributed by atoms with Gasteiger partial charge in [0.15, 0.2) is 0 Å². The predicted molar refractivity (Wildman–Crippen MR) is 142 cm³/mol. The maximum atomic E-state index is 13.9. The molecule has 1 aliphatic rings. The van der Waals surface area contributed by atoms with Crippen LogP contribution in [-0.2, 0) is 22.6 Å². The molecule has 7 heteroatoms. The average Bonchev–Trinajstić information content (AvgIpc) is 3.42. The van der Waals surface area contributed by atoms with Crippen molar-refractivity contribution in [1.29, 1.82) is 0 Å². The molecule has 0 radical (unpaired) electrons. The first-order valence-corrected chi connectivity index (χ1v) is 13.3. The van der Waals surface area contributed by atoms with Crippen molar-refractivity contribution in [3.05, 3.63) is 82.0 Å². The van der Waals surface area contributed by atoms with Crippen LogP contribution in [0.1, 0.15) is 54.1 Å². The molecule has 1 atom stereocenters. The monoisotopic (exact) mass is 506 g/mol. The van der Waals surface area contributed by atoms with Gasteiger partial charge in [0.2, 0.25) is 11.8 Å². The van der Waals surface area contributed by atoms with Crippen LogP contribution >= 0.6 is 11.3 Å². The Bertz CT molecular complexity index is 1120. The van der Waals surface area contributed by atoms with E-state index in [9.17, 15) is 9.59 Å². The van der Waals surface area contributed by atoms with Gasteiger partial charge in [-0.05, 0) is 59.7 Å². The number of rotatable bonds is 10. The Morgan fingerprint density at radius 3 is 2.39 bits per heavy atom. The third kappa shape index (κ3) is 6.66. The number of nitrogens with one attached hydrogen (secondary N) is 1. The zero-order chi connectivity index (χ0) is 25.3. The molecule has 1 aliphatic carbocycles. The largest absolute Gasteiger partial charge is 0.497 e. The van der Waals surface area contributed by atoms with E-state index in [0.717, 1.165) is 41.7 Å². The minimum absolute atomic E-state index is 0.0973. The standard InChI is InChI=1S/C29H34N2O4S/c1-34-24-15-13-22(14-16-24)28(29(33)30-23-9-4-3-5-10-23)31(27(32)19-26-12-7-17-36-26)20-21-8-6-11-25(18-21)35-2/h6-8,11-18,23,28H,3-5,9-10,19-20H2,1-2H3,(H,30,33). The number of carbonyl (C=O) groups is 2. The normalized spacial score (nSPS) is 14.6. The number of hydrogen-bond acceptors (Lipinski definition) is 5. The van der Waals surface area contributed by atoms with E-state index in [4.69, 9.17) is 9.47 Å². The van der Waals surface area contributed by atoms with Gasteiger partial charge in [0.1, 0.15) is 17.5 Å². The third-order valence-electron chi connectivity index (χ3n) is 6.66. The number of methoxy groups -OCH3 is 2. The molecule has 2 aromatic carbocycles. The van der Waals surface area contributed by atoms with Crippen molar-refractivity contribution in [2.75, 3.05) is 14.2 Å². The van der Waals surface area contributed by atoms with Crippen molar-refractivity contribution in [1.82, 2.24) is 10.2 Å².